The highest BCUT2D eigenvalue weighted by Gasteiger charge is 2.37. The van der Waals surface area contributed by atoms with Crippen molar-refractivity contribution in [1.82, 2.24) is 15.0 Å². The number of nitro groups is 1. The molecule has 0 fully saturated rings. The molecule has 37 heavy (non-hydrogen) atoms. The average Bonchev–Trinajstić information content (AvgIpc) is 3.52. The Kier molecular flexibility index (Phi) is 6.33. The smallest absolute Gasteiger partial charge is 0.281 e. The number of nitrogens with one attached hydrogen (secondary N) is 2. The van der Waals surface area contributed by atoms with Gasteiger partial charge in [0.15, 0.2) is 12.4 Å². The molecule has 2 amide bonds. The number of aromatic nitrogens is 2. The number of nitrogens with zero attached hydrogens (tertiary/aromatic N) is 4. The molecule has 2 heterocycles. The average molecular weight is 498 g/mol. The molecule has 186 valence electrons. The molecule has 0 spiro atoms. The van der Waals surface area contributed by atoms with Gasteiger partial charge in [0.25, 0.3) is 11.6 Å². The largest absolute Gasteiger partial charge is 0.484 e. The lowest BCUT2D eigenvalue weighted by Crippen LogP contribution is -2.31. The SMILES string of the molecule is CC(=O)Nc1ccc(OCC(=O)N2N=C(c3nc4ccccc4[nH]3)CC2c2ccccc2[N+](=O)[O-])cc1. The molecule has 2 N–H and O–H groups in total. The Morgan fingerprint density at radius 2 is 1.84 bits per heavy atom. The topological polar surface area (TPSA) is 143 Å². The van der Waals surface area contributed by atoms with E-state index in [1.165, 1.54) is 18.0 Å². The van der Waals surface area contributed by atoms with Crippen molar-refractivity contribution in [2.75, 3.05) is 11.9 Å². The second kappa shape index (κ2) is 9.90. The van der Waals surface area contributed by atoms with Crippen LogP contribution in [-0.4, -0.2) is 44.0 Å². The predicted octanol–water partition coefficient (Wildman–Crippen LogP) is 4.19. The second-order valence-electron chi connectivity index (χ2n) is 8.42. The van der Waals surface area contributed by atoms with E-state index in [1.54, 1.807) is 42.5 Å². The van der Waals surface area contributed by atoms with Gasteiger partial charge in [0.1, 0.15) is 11.5 Å². The summed E-state index contributed by atoms with van der Waals surface area (Å²) in [7, 11) is 0. The minimum absolute atomic E-state index is 0.0964. The third-order valence-electron chi connectivity index (χ3n) is 5.86. The number of rotatable bonds is 7. The molecule has 1 aliphatic rings. The Morgan fingerprint density at radius 3 is 2.57 bits per heavy atom. The van der Waals surface area contributed by atoms with Gasteiger partial charge in [-0.15, -0.1) is 0 Å². The van der Waals surface area contributed by atoms with Crippen molar-refractivity contribution >= 4 is 39.9 Å². The normalized spacial score (nSPS) is 14.9. The fourth-order valence-electron chi connectivity index (χ4n) is 4.20. The number of anilines is 1. The minimum atomic E-state index is -0.706. The van der Waals surface area contributed by atoms with Gasteiger partial charge < -0.3 is 15.0 Å². The van der Waals surface area contributed by atoms with Crippen LogP contribution >= 0.6 is 0 Å². The van der Waals surface area contributed by atoms with Crippen LogP contribution in [0.4, 0.5) is 11.4 Å². The molecular formula is C26H22N6O5. The number of amides is 2. The molecule has 0 aliphatic carbocycles. The third-order valence-corrected chi connectivity index (χ3v) is 5.86. The van der Waals surface area contributed by atoms with Crippen LogP contribution in [0.2, 0.25) is 0 Å². The van der Waals surface area contributed by atoms with Crippen LogP contribution in [0.5, 0.6) is 5.75 Å². The highest BCUT2D eigenvalue weighted by molar-refractivity contribution is 6.02. The van der Waals surface area contributed by atoms with Crippen molar-refractivity contribution in [2.24, 2.45) is 5.10 Å². The summed E-state index contributed by atoms with van der Waals surface area (Å²) in [6.07, 6.45) is 0.238. The number of H-pyrrole nitrogens is 1. The number of para-hydroxylation sites is 3. The lowest BCUT2D eigenvalue weighted by molar-refractivity contribution is -0.385. The van der Waals surface area contributed by atoms with Gasteiger partial charge in [-0.05, 0) is 42.5 Å². The predicted molar refractivity (Wildman–Crippen MR) is 136 cm³/mol. The highest BCUT2D eigenvalue weighted by Crippen LogP contribution is 2.37. The number of carbonyl (C=O) groups is 2. The highest BCUT2D eigenvalue weighted by atomic mass is 16.6. The van der Waals surface area contributed by atoms with E-state index in [9.17, 15) is 19.7 Å². The first-order chi connectivity index (χ1) is 17.9. The van der Waals surface area contributed by atoms with Crippen molar-refractivity contribution in [1.29, 1.82) is 0 Å². The zero-order valence-corrected chi connectivity index (χ0v) is 19.7. The molecular weight excluding hydrogens is 476 g/mol. The maximum Gasteiger partial charge on any atom is 0.281 e. The first kappa shape index (κ1) is 23.7. The number of benzene rings is 3. The third kappa shape index (κ3) is 5.01. The molecule has 0 radical (unpaired) electrons. The quantitative estimate of drug-likeness (QED) is 0.289. The molecule has 0 saturated carbocycles. The molecule has 3 aromatic carbocycles. The molecule has 1 aromatic heterocycles. The Bertz CT molecular complexity index is 1500. The molecule has 11 nitrogen and oxygen atoms in total. The zero-order valence-electron chi connectivity index (χ0n) is 19.7. The Morgan fingerprint density at radius 1 is 1.11 bits per heavy atom. The van der Waals surface area contributed by atoms with E-state index < -0.39 is 16.9 Å². The lowest BCUT2D eigenvalue weighted by atomic mass is 9.99. The van der Waals surface area contributed by atoms with Gasteiger partial charge in [0.2, 0.25) is 5.91 Å². The van der Waals surface area contributed by atoms with Crippen LogP contribution in [0.25, 0.3) is 11.0 Å². The van der Waals surface area contributed by atoms with Crippen molar-refractivity contribution in [2.45, 2.75) is 19.4 Å². The number of hydrogen-bond donors (Lipinski definition) is 2. The molecule has 1 atom stereocenters. The molecule has 5 rings (SSSR count). The van der Waals surface area contributed by atoms with Gasteiger partial charge in [-0.1, -0.05) is 24.3 Å². The number of carbonyl (C=O) groups excluding carboxylic acids is 2. The summed E-state index contributed by atoms with van der Waals surface area (Å²) in [6, 6.07) is 19.7. The monoisotopic (exact) mass is 498 g/mol. The van der Waals surface area contributed by atoms with E-state index in [4.69, 9.17) is 4.74 Å². The molecule has 0 saturated heterocycles. The standard InChI is InChI=1S/C26H22N6O5/c1-16(33)27-17-10-12-18(13-11-17)37-15-25(34)31-24(19-6-2-5-9-23(19)32(35)36)14-22(30-31)26-28-20-7-3-4-8-21(20)29-26/h2-13,24H,14-15H2,1H3,(H,27,33)(H,28,29). The first-order valence-corrected chi connectivity index (χ1v) is 11.5. The van der Waals surface area contributed by atoms with E-state index in [0.717, 1.165) is 11.0 Å². The molecule has 1 aliphatic heterocycles. The molecule has 4 aromatic rings. The van der Waals surface area contributed by atoms with Gasteiger partial charge in [-0.3, -0.25) is 19.7 Å². The van der Waals surface area contributed by atoms with E-state index in [-0.39, 0.29) is 24.6 Å². The lowest BCUT2D eigenvalue weighted by Gasteiger charge is -2.22. The number of hydrogen-bond acceptors (Lipinski definition) is 7. The van der Waals surface area contributed by atoms with Crippen molar-refractivity contribution in [3.8, 4) is 5.75 Å². The fraction of sp³-hybridized carbons (Fsp3) is 0.154. The van der Waals surface area contributed by atoms with Gasteiger partial charge in [0, 0.05) is 25.1 Å². The maximum absolute atomic E-state index is 13.3. The second-order valence-corrected chi connectivity index (χ2v) is 8.42. The summed E-state index contributed by atoms with van der Waals surface area (Å²) < 4.78 is 5.66. The van der Waals surface area contributed by atoms with Crippen LogP contribution < -0.4 is 10.1 Å². The van der Waals surface area contributed by atoms with E-state index in [1.807, 2.05) is 24.3 Å². The zero-order chi connectivity index (χ0) is 25.9. The van der Waals surface area contributed by atoms with Crippen LogP contribution in [0, 0.1) is 10.1 Å². The van der Waals surface area contributed by atoms with Gasteiger partial charge in [-0.2, -0.15) is 5.10 Å². The van der Waals surface area contributed by atoms with E-state index in [0.29, 0.717) is 28.5 Å². The first-order valence-electron chi connectivity index (χ1n) is 11.5. The number of ether oxygens (including phenoxy) is 1. The summed E-state index contributed by atoms with van der Waals surface area (Å²) in [4.78, 5) is 43.5. The number of hydrazone groups is 1. The van der Waals surface area contributed by atoms with Crippen LogP contribution in [0.3, 0.4) is 0 Å². The van der Waals surface area contributed by atoms with E-state index in [2.05, 4.69) is 20.4 Å². The number of fused-ring (bicyclic) bond motifs is 1. The van der Waals surface area contributed by atoms with Crippen molar-refractivity contribution < 1.29 is 19.2 Å². The molecule has 11 heteroatoms. The number of nitro benzene ring substituents is 1. The van der Waals surface area contributed by atoms with Crippen LogP contribution in [0.15, 0.2) is 77.9 Å². The van der Waals surface area contributed by atoms with E-state index >= 15 is 0 Å². The minimum Gasteiger partial charge on any atom is -0.484 e. The summed E-state index contributed by atoms with van der Waals surface area (Å²) in [5.74, 6) is 0.247. The van der Waals surface area contributed by atoms with Gasteiger partial charge >= 0.3 is 0 Å². The fourth-order valence-corrected chi connectivity index (χ4v) is 4.20. The summed E-state index contributed by atoms with van der Waals surface area (Å²) in [5.41, 5.74) is 2.95. The summed E-state index contributed by atoms with van der Waals surface area (Å²) >= 11 is 0. The summed E-state index contributed by atoms with van der Waals surface area (Å²) in [5, 5.41) is 20.1. The van der Waals surface area contributed by atoms with Crippen LogP contribution in [-0.2, 0) is 9.59 Å². The van der Waals surface area contributed by atoms with Gasteiger partial charge in [0.05, 0.1) is 27.6 Å². The van der Waals surface area contributed by atoms with Crippen molar-refractivity contribution in [3.05, 3.63) is 94.3 Å². The Labute approximate surface area is 210 Å². The summed E-state index contributed by atoms with van der Waals surface area (Å²) in [6.45, 7) is 1.07. The number of aromatic amines is 1. The van der Waals surface area contributed by atoms with Gasteiger partial charge in [-0.25, -0.2) is 9.99 Å². The molecule has 1 unspecified atom stereocenters. The Balaban J connectivity index is 1.42. The van der Waals surface area contributed by atoms with Crippen molar-refractivity contribution in [3.63, 3.8) is 0 Å². The van der Waals surface area contributed by atoms with Crippen LogP contribution in [0.1, 0.15) is 30.8 Å². The molecule has 0 bridgehead atoms. The Hall–Kier alpha value is -5.06. The maximum atomic E-state index is 13.3. The number of imidazole rings is 1.